The second-order valence-electron chi connectivity index (χ2n) is 5.89. The fourth-order valence-corrected chi connectivity index (χ4v) is 3.46. The van der Waals surface area contributed by atoms with Gasteiger partial charge in [-0.15, -0.1) is 0 Å². The van der Waals surface area contributed by atoms with Crippen molar-refractivity contribution in [1.82, 2.24) is 4.90 Å². The van der Waals surface area contributed by atoms with Gasteiger partial charge in [0.05, 0.1) is 6.42 Å². The normalized spacial score (nSPS) is 25.0. The second kappa shape index (κ2) is 5.83. The van der Waals surface area contributed by atoms with Gasteiger partial charge in [0.15, 0.2) is 0 Å². The molecule has 1 aromatic carbocycles. The largest absolute Gasteiger partial charge is 0.492 e. The summed E-state index contributed by atoms with van der Waals surface area (Å²) in [6, 6.07) is 8.15. The van der Waals surface area contributed by atoms with Crippen molar-refractivity contribution in [3.63, 3.8) is 0 Å². The first-order valence-electron chi connectivity index (χ1n) is 7.38. The van der Waals surface area contributed by atoms with E-state index in [9.17, 15) is 4.79 Å². The zero-order valence-electron chi connectivity index (χ0n) is 11.6. The Morgan fingerprint density at radius 3 is 2.70 bits per heavy atom. The first-order valence-corrected chi connectivity index (χ1v) is 7.38. The number of carboxylic acid groups (broad SMARTS) is 1. The summed E-state index contributed by atoms with van der Waals surface area (Å²) in [6.45, 7) is 2.95. The summed E-state index contributed by atoms with van der Waals surface area (Å²) in [5.74, 6) is 0.946. The lowest BCUT2D eigenvalue weighted by atomic mass is 10.1. The average molecular weight is 275 g/mol. The summed E-state index contributed by atoms with van der Waals surface area (Å²) < 4.78 is 5.75. The SMILES string of the molecule is O=C(O)Cc1ccc(OCCN2CC3CCC2C3)cc1. The third kappa shape index (κ3) is 3.12. The van der Waals surface area contributed by atoms with Crippen molar-refractivity contribution >= 4 is 5.97 Å². The Kier molecular flexibility index (Phi) is 3.92. The molecule has 20 heavy (non-hydrogen) atoms. The second-order valence-corrected chi connectivity index (χ2v) is 5.89. The molecule has 1 heterocycles. The predicted octanol–water partition coefficient (Wildman–Crippen LogP) is 2.18. The highest BCUT2D eigenvalue weighted by atomic mass is 16.5. The Bertz CT molecular complexity index is 471. The van der Waals surface area contributed by atoms with Crippen LogP contribution in [0.4, 0.5) is 0 Å². The first kappa shape index (κ1) is 13.4. The van der Waals surface area contributed by atoms with Gasteiger partial charge in [-0.2, -0.15) is 0 Å². The maximum absolute atomic E-state index is 10.6. The van der Waals surface area contributed by atoms with Crippen LogP contribution < -0.4 is 4.74 Å². The van der Waals surface area contributed by atoms with E-state index in [1.54, 1.807) is 0 Å². The molecule has 2 bridgehead atoms. The molecule has 2 atom stereocenters. The van der Waals surface area contributed by atoms with E-state index in [2.05, 4.69) is 4.90 Å². The monoisotopic (exact) mass is 275 g/mol. The van der Waals surface area contributed by atoms with Crippen molar-refractivity contribution in [3.8, 4) is 5.75 Å². The summed E-state index contributed by atoms with van der Waals surface area (Å²) in [5.41, 5.74) is 0.807. The minimum Gasteiger partial charge on any atom is -0.492 e. The van der Waals surface area contributed by atoms with Crippen LogP contribution in [0.25, 0.3) is 0 Å². The molecule has 0 amide bonds. The average Bonchev–Trinajstić information content (AvgIpc) is 3.02. The zero-order valence-corrected chi connectivity index (χ0v) is 11.6. The standard InChI is InChI=1S/C16H21NO3/c18-16(19)10-12-2-5-15(6-3-12)20-8-7-17-11-13-1-4-14(17)9-13/h2-3,5-6,13-14H,1,4,7-11H2,(H,18,19). The quantitative estimate of drug-likeness (QED) is 0.864. The van der Waals surface area contributed by atoms with Gasteiger partial charge in [-0.3, -0.25) is 9.69 Å². The molecule has 1 aliphatic heterocycles. The minimum atomic E-state index is -0.803. The molecule has 4 nitrogen and oxygen atoms in total. The van der Waals surface area contributed by atoms with Crippen molar-refractivity contribution in [2.45, 2.75) is 31.7 Å². The van der Waals surface area contributed by atoms with Crippen molar-refractivity contribution < 1.29 is 14.6 Å². The van der Waals surface area contributed by atoms with Crippen LogP contribution in [0.2, 0.25) is 0 Å². The lowest BCUT2D eigenvalue weighted by molar-refractivity contribution is -0.136. The molecule has 2 aliphatic rings. The molecule has 1 saturated heterocycles. The number of hydrogen-bond acceptors (Lipinski definition) is 3. The van der Waals surface area contributed by atoms with Crippen LogP contribution in [0.3, 0.4) is 0 Å². The van der Waals surface area contributed by atoms with Gasteiger partial charge < -0.3 is 9.84 Å². The molecule has 108 valence electrons. The van der Waals surface area contributed by atoms with E-state index in [-0.39, 0.29) is 6.42 Å². The topological polar surface area (TPSA) is 49.8 Å². The van der Waals surface area contributed by atoms with E-state index in [4.69, 9.17) is 9.84 Å². The number of nitrogens with zero attached hydrogens (tertiary/aromatic N) is 1. The minimum absolute atomic E-state index is 0.0666. The highest BCUT2D eigenvalue weighted by Crippen LogP contribution is 2.36. The smallest absolute Gasteiger partial charge is 0.307 e. The van der Waals surface area contributed by atoms with E-state index in [1.807, 2.05) is 24.3 Å². The Labute approximate surface area is 119 Å². The van der Waals surface area contributed by atoms with E-state index < -0.39 is 5.97 Å². The fraction of sp³-hybridized carbons (Fsp3) is 0.562. The lowest BCUT2D eigenvalue weighted by Gasteiger charge is -2.26. The molecular weight excluding hydrogens is 254 g/mol. The summed E-state index contributed by atoms with van der Waals surface area (Å²) in [6.07, 6.45) is 4.21. The molecule has 4 heteroatoms. The van der Waals surface area contributed by atoms with E-state index >= 15 is 0 Å². The first-order chi connectivity index (χ1) is 9.70. The Hall–Kier alpha value is -1.55. The number of carbonyl (C=O) groups is 1. The van der Waals surface area contributed by atoms with Crippen molar-refractivity contribution in [1.29, 1.82) is 0 Å². The molecule has 3 rings (SSSR count). The molecule has 1 saturated carbocycles. The number of piperidine rings is 1. The van der Waals surface area contributed by atoms with Crippen LogP contribution in [0.1, 0.15) is 24.8 Å². The third-order valence-electron chi connectivity index (χ3n) is 4.45. The van der Waals surface area contributed by atoms with Crippen LogP contribution in [0.15, 0.2) is 24.3 Å². The third-order valence-corrected chi connectivity index (χ3v) is 4.45. The number of carboxylic acids is 1. The van der Waals surface area contributed by atoms with Gasteiger partial charge >= 0.3 is 5.97 Å². The molecule has 0 radical (unpaired) electrons. The molecule has 1 aromatic rings. The number of ether oxygens (including phenoxy) is 1. The fourth-order valence-electron chi connectivity index (χ4n) is 3.46. The van der Waals surface area contributed by atoms with Gasteiger partial charge in [0, 0.05) is 19.1 Å². The number of aliphatic carboxylic acids is 1. The van der Waals surface area contributed by atoms with Crippen molar-refractivity contribution in [2.24, 2.45) is 5.92 Å². The molecule has 0 spiro atoms. The van der Waals surface area contributed by atoms with Gasteiger partial charge in [-0.1, -0.05) is 12.1 Å². The number of fused-ring (bicyclic) bond motifs is 2. The summed E-state index contributed by atoms with van der Waals surface area (Å²) in [4.78, 5) is 13.1. The van der Waals surface area contributed by atoms with Crippen LogP contribution in [-0.4, -0.2) is 41.7 Å². The summed E-state index contributed by atoms with van der Waals surface area (Å²) >= 11 is 0. The van der Waals surface area contributed by atoms with Gasteiger partial charge in [-0.05, 0) is 42.9 Å². The maximum Gasteiger partial charge on any atom is 0.307 e. The summed E-state index contributed by atoms with van der Waals surface area (Å²) in [5, 5.41) is 8.71. The van der Waals surface area contributed by atoms with Crippen LogP contribution in [0, 0.1) is 5.92 Å². The van der Waals surface area contributed by atoms with Gasteiger partial charge in [-0.25, -0.2) is 0 Å². The molecule has 2 fully saturated rings. The Morgan fingerprint density at radius 1 is 1.30 bits per heavy atom. The van der Waals surface area contributed by atoms with Crippen LogP contribution >= 0.6 is 0 Å². The number of benzene rings is 1. The van der Waals surface area contributed by atoms with Gasteiger partial charge in [0.25, 0.3) is 0 Å². The van der Waals surface area contributed by atoms with Crippen LogP contribution in [0.5, 0.6) is 5.75 Å². The van der Waals surface area contributed by atoms with E-state index in [0.29, 0.717) is 6.61 Å². The predicted molar refractivity (Wildman–Crippen MR) is 76.0 cm³/mol. The molecule has 1 N–H and O–H groups in total. The Balaban J connectivity index is 1.43. The Morgan fingerprint density at radius 2 is 2.10 bits per heavy atom. The van der Waals surface area contributed by atoms with E-state index in [1.165, 1.54) is 25.8 Å². The van der Waals surface area contributed by atoms with Crippen molar-refractivity contribution in [3.05, 3.63) is 29.8 Å². The molecule has 2 unspecified atom stereocenters. The highest BCUT2D eigenvalue weighted by molar-refractivity contribution is 5.70. The number of hydrogen-bond donors (Lipinski definition) is 1. The lowest BCUT2D eigenvalue weighted by Crippen LogP contribution is -2.35. The number of likely N-dealkylation sites (tertiary alicyclic amines) is 1. The number of rotatable bonds is 6. The zero-order chi connectivity index (χ0) is 13.9. The van der Waals surface area contributed by atoms with E-state index in [0.717, 1.165) is 29.8 Å². The molecule has 1 aliphatic carbocycles. The summed E-state index contributed by atoms with van der Waals surface area (Å²) in [7, 11) is 0. The van der Waals surface area contributed by atoms with Crippen molar-refractivity contribution in [2.75, 3.05) is 19.7 Å². The van der Waals surface area contributed by atoms with Gasteiger partial charge in [0.2, 0.25) is 0 Å². The molecular formula is C16H21NO3. The maximum atomic E-state index is 10.6. The van der Waals surface area contributed by atoms with Gasteiger partial charge in [0.1, 0.15) is 12.4 Å². The molecule has 0 aromatic heterocycles. The highest BCUT2D eigenvalue weighted by Gasteiger charge is 2.37. The van der Waals surface area contributed by atoms with Crippen LogP contribution in [-0.2, 0) is 11.2 Å².